The van der Waals surface area contributed by atoms with Gasteiger partial charge in [0.1, 0.15) is 0 Å². The molecular formula is C16H15N3O2. The van der Waals surface area contributed by atoms with E-state index >= 15 is 0 Å². The van der Waals surface area contributed by atoms with E-state index in [2.05, 4.69) is 16.4 Å². The number of aromatic nitrogens is 1. The lowest BCUT2D eigenvalue weighted by molar-refractivity contribution is -0.385. The minimum Gasteiger partial charge on any atom is -0.361 e. The Hall–Kier alpha value is -2.66. The number of nitro benzene ring substituents is 1. The molecule has 106 valence electrons. The molecule has 2 N–H and O–H groups in total. The van der Waals surface area contributed by atoms with Crippen LogP contribution >= 0.6 is 0 Å². The minimum absolute atomic E-state index is 0.158. The van der Waals surface area contributed by atoms with Crippen molar-refractivity contribution in [3.05, 3.63) is 76.0 Å². The predicted octanol–water partition coefficient (Wildman–Crippen LogP) is 3.37. The SMILES string of the molecule is O=[N+]([O-])c1ccccc1CNCc1ccc2[nH]ccc2c1. The Kier molecular flexibility index (Phi) is 3.66. The van der Waals surface area contributed by atoms with Crippen molar-refractivity contribution in [3.63, 3.8) is 0 Å². The molecule has 0 aliphatic heterocycles. The fourth-order valence-corrected chi connectivity index (χ4v) is 2.39. The van der Waals surface area contributed by atoms with Crippen molar-refractivity contribution < 1.29 is 4.92 Å². The maximum Gasteiger partial charge on any atom is 0.273 e. The molecule has 1 aromatic heterocycles. The van der Waals surface area contributed by atoms with Crippen molar-refractivity contribution >= 4 is 16.6 Å². The summed E-state index contributed by atoms with van der Waals surface area (Å²) >= 11 is 0. The van der Waals surface area contributed by atoms with Crippen LogP contribution in [-0.4, -0.2) is 9.91 Å². The van der Waals surface area contributed by atoms with Gasteiger partial charge in [0.25, 0.3) is 5.69 Å². The number of fused-ring (bicyclic) bond motifs is 1. The number of H-pyrrole nitrogens is 1. The summed E-state index contributed by atoms with van der Waals surface area (Å²) in [6.45, 7) is 1.15. The number of nitrogens with one attached hydrogen (secondary N) is 2. The van der Waals surface area contributed by atoms with Crippen LogP contribution in [0.3, 0.4) is 0 Å². The predicted molar refractivity (Wildman–Crippen MR) is 81.9 cm³/mol. The third kappa shape index (κ3) is 2.93. The number of nitrogens with zero attached hydrogens (tertiary/aromatic N) is 1. The largest absolute Gasteiger partial charge is 0.361 e. The molecule has 0 saturated carbocycles. The number of para-hydroxylation sites is 1. The van der Waals surface area contributed by atoms with Crippen LogP contribution < -0.4 is 5.32 Å². The van der Waals surface area contributed by atoms with Crippen molar-refractivity contribution in [2.24, 2.45) is 0 Å². The van der Waals surface area contributed by atoms with Gasteiger partial charge in [0, 0.05) is 36.4 Å². The molecule has 0 aliphatic rings. The monoisotopic (exact) mass is 281 g/mol. The zero-order chi connectivity index (χ0) is 14.7. The molecule has 0 atom stereocenters. The quantitative estimate of drug-likeness (QED) is 0.556. The highest BCUT2D eigenvalue weighted by Crippen LogP contribution is 2.18. The molecule has 2 aromatic carbocycles. The normalized spacial score (nSPS) is 10.9. The zero-order valence-corrected chi connectivity index (χ0v) is 11.4. The van der Waals surface area contributed by atoms with Gasteiger partial charge in [0.15, 0.2) is 0 Å². The second kappa shape index (κ2) is 5.76. The Bertz CT molecular complexity index is 780. The minimum atomic E-state index is -0.344. The second-order valence-corrected chi connectivity index (χ2v) is 4.89. The van der Waals surface area contributed by atoms with Gasteiger partial charge in [-0.25, -0.2) is 0 Å². The average Bonchev–Trinajstić information content (AvgIpc) is 2.95. The Balaban J connectivity index is 1.67. The number of aromatic amines is 1. The lowest BCUT2D eigenvalue weighted by Crippen LogP contribution is -2.13. The van der Waals surface area contributed by atoms with E-state index in [-0.39, 0.29) is 10.6 Å². The lowest BCUT2D eigenvalue weighted by atomic mass is 10.1. The van der Waals surface area contributed by atoms with E-state index in [1.165, 1.54) is 11.5 Å². The average molecular weight is 281 g/mol. The van der Waals surface area contributed by atoms with Crippen molar-refractivity contribution in [1.82, 2.24) is 10.3 Å². The van der Waals surface area contributed by atoms with Crippen molar-refractivity contribution in [2.45, 2.75) is 13.1 Å². The first kappa shape index (κ1) is 13.3. The van der Waals surface area contributed by atoms with Gasteiger partial charge < -0.3 is 10.3 Å². The van der Waals surface area contributed by atoms with Crippen LogP contribution in [0.2, 0.25) is 0 Å². The Morgan fingerprint density at radius 3 is 2.81 bits per heavy atom. The zero-order valence-electron chi connectivity index (χ0n) is 11.4. The van der Waals surface area contributed by atoms with Crippen molar-refractivity contribution in [2.75, 3.05) is 0 Å². The van der Waals surface area contributed by atoms with Crippen LogP contribution in [0.15, 0.2) is 54.7 Å². The molecule has 0 unspecified atom stereocenters. The summed E-state index contributed by atoms with van der Waals surface area (Å²) in [4.78, 5) is 13.8. The third-order valence-corrected chi connectivity index (χ3v) is 3.45. The first-order chi connectivity index (χ1) is 10.2. The molecule has 1 heterocycles. The summed E-state index contributed by atoms with van der Waals surface area (Å²) in [6, 6.07) is 15.0. The van der Waals surface area contributed by atoms with Crippen LogP contribution in [0.25, 0.3) is 10.9 Å². The summed E-state index contributed by atoms with van der Waals surface area (Å²) in [6.07, 6.45) is 1.91. The number of hydrogen-bond acceptors (Lipinski definition) is 3. The molecular weight excluding hydrogens is 266 g/mol. The highest BCUT2D eigenvalue weighted by molar-refractivity contribution is 5.79. The van der Waals surface area contributed by atoms with E-state index in [1.54, 1.807) is 12.1 Å². The number of benzene rings is 2. The van der Waals surface area contributed by atoms with Crippen LogP contribution in [0.5, 0.6) is 0 Å². The van der Waals surface area contributed by atoms with Gasteiger partial charge in [-0.05, 0) is 29.1 Å². The third-order valence-electron chi connectivity index (χ3n) is 3.45. The standard InChI is InChI=1S/C16H15N3O2/c20-19(21)16-4-2-1-3-14(16)11-17-10-12-5-6-15-13(9-12)7-8-18-15/h1-9,17-18H,10-11H2. The van der Waals surface area contributed by atoms with E-state index < -0.39 is 0 Å². The molecule has 0 bridgehead atoms. The summed E-state index contributed by atoms with van der Waals surface area (Å²) in [5, 5.41) is 15.4. The van der Waals surface area contributed by atoms with Gasteiger partial charge >= 0.3 is 0 Å². The molecule has 0 aliphatic carbocycles. The molecule has 5 heteroatoms. The maximum atomic E-state index is 10.9. The van der Waals surface area contributed by atoms with Gasteiger partial charge in [-0.15, -0.1) is 0 Å². The summed E-state index contributed by atoms with van der Waals surface area (Å²) < 4.78 is 0. The van der Waals surface area contributed by atoms with Crippen LogP contribution in [-0.2, 0) is 13.1 Å². The Morgan fingerprint density at radius 1 is 1.10 bits per heavy atom. The van der Waals surface area contributed by atoms with E-state index in [9.17, 15) is 10.1 Å². The lowest BCUT2D eigenvalue weighted by Gasteiger charge is -2.06. The van der Waals surface area contributed by atoms with Gasteiger partial charge in [-0.1, -0.05) is 24.3 Å². The number of hydrogen-bond donors (Lipinski definition) is 2. The van der Waals surface area contributed by atoms with Gasteiger partial charge in [-0.3, -0.25) is 10.1 Å². The maximum absolute atomic E-state index is 10.9. The molecule has 5 nitrogen and oxygen atoms in total. The van der Waals surface area contributed by atoms with E-state index in [0.717, 1.165) is 11.1 Å². The smallest absolute Gasteiger partial charge is 0.273 e. The first-order valence-corrected chi connectivity index (χ1v) is 6.73. The van der Waals surface area contributed by atoms with Crippen LogP contribution in [0, 0.1) is 10.1 Å². The van der Waals surface area contributed by atoms with Gasteiger partial charge in [-0.2, -0.15) is 0 Å². The van der Waals surface area contributed by atoms with Crippen LogP contribution in [0.4, 0.5) is 5.69 Å². The molecule has 0 amide bonds. The second-order valence-electron chi connectivity index (χ2n) is 4.89. The highest BCUT2D eigenvalue weighted by Gasteiger charge is 2.11. The molecule has 0 fully saturated rings. The Labute approximate surface area is 121 Å². The van der Waals surface area contributed by atoms with Crippen LogP contribution in [0.1, 0.15) is 11.1 Å². The highest BCUT2D eigenvalue weighted by atomic mass is 16.6. The molecule has 3 aromatic rings. The summed E-state index contributed by atoms with van der Waals surface area (Å²) in [5.41, 5.74) is 3.12. The molecule has 0 saturated heterocycles. The fraction of sp³-hybridized carbons (Fsp3) is 0.125. The summed E-state index contributed by atoms with van der Waals surface area (Å²) in [5.74, 6) is 0. The molecule has 0 spiro atoms. The number of rotatable bonds is 5. The van der Waals surface area contributed by atoms with Gasteiger partial charge in [0.2, 0.25) is 0 Å². The van der Waals surface area contributed by atoms with Crippen molar-refractivity contribution in [3.8, 4) is 0 Å². The topological polar surface area (TPSA) is 71.0 Å². The van der Waals surface area contributed by atoms with E-state index in [1.807, 2.05) is 30.5 Å². The Morgan fingerprint density at radius 2 is 1.95 bits per heavy atom. The molecule has 21 heavy (non-hydrogen) atoms. The number of nitro groups is 1. The first-order valence-electron chi connectivity index (χ1n) is 6.73. The fourth-order valence-electron chi connectivity index (χ4n) is 2.39. The molecule has 0 radical (unpaired) electrons. The molecule has 3 rings (SSSR count). The van der Waals surface area contributed by atoms with E-state index in [0.29, 0.717) is 18.7 Å². The van der Waals surface area contributed by atoms with E-state index in [4.69, 9.17) is 0 Å². The van der Waals surface area contributed by atoms with Crippen molar-refractivity contribution in [1.29, 1.82) is 0 Å². The summed E-state index contributed by atoms with van der Waals surface area (Å²) in [7, 11) is 0. The van der Waals surface area contributed by atoms with Gasteiger partial charge in [0.05, 0.1) is 4.92 Å².